The van der Waals surface area contributed by atoms with Crippen LogP contribution in [0.3, 0.4) is 0 Å². The summed E-state index contributed by atoms with van der Waals surface area (Å²) in [6.45, 7) is 4.40. The molecule has 1 aromatic rings. The number of carbonyl (C=O) groups is 2. The molecule has 6 heteroatoms. The van der Waals surface area contributed by atoms with Crippen molar-refractivity contribution in [3.05, 3.63) is 24.3 Å². The van der Waals surface area contributed by atoms with Gasteiger partial charge >= 0.3 is 0 Å². The third-order valence-corrected chi connectivity index (χ3v) is 5.04. The van der Waals surface area contributed by atoms with Gasteiger partial charge in [0.1, 0.15) is 5.75 Å². The number of methoxy groups -OCH3 is 1. The second-order valence-electron chi connectivity index (χ2n) is 6.69. The SMILES string of the molecule is COc1ccc(N2CC(C(=O)NC3CNCCC3C)CC2=O)cc1. The molecule has 2 N–H and O–H groups in total. The minimum atomic E-state index is -0.284. The molecule has 2 fully saturated rings. The van der Waals surface area contributed by atoms with E-state index in [-0.39, 0.29) is 30.2 Å². The number of nitrogens with zero attached hydrogens (tertiary/aromatic N) is 1. The van der Waals surface area contributed by atoms with E-state index in [1.54, 1.807) is 12.0 Å². The lowest BCUT2D eigenvalue weighted by Gasteiger charge is -2.31. The average molecular weight is 331 g/mol. The summed E-state index contributed by atoms with van der Waals surface area (Å²) in [5.41, 5.74) is 0.809. The largest absolute Gasteiger partial charge is 0.497 e. The van der Waals surface area contributed by atoms with Crippen molar-refractivity contribution in [2.75, 3.05) is 31.6 Å². The molecule has 130 valence electrons. The second kappa shape index (κ2) is 7.21. The van der Waals surface area contributed by atoms with Crippen LogP contribution in [0.2, 0.25) is 0 Å². The minimum absolute atomic E-state index is 0.00451. The highest BCUT2D eigenvalue weighted by molar-refractivity contribution is 6.00. The third-order valence-electron chi connectivity index (χ3n) is 5.04. The Kier molecular flexibility index (Phi) is 5.04. The van der Waals surface area contributed by atoms with E-state index < -0.39 is 0 Å². The van der Waals surface area contributed by atoms with E-state index >= 15 is 0 Å². The topological polar surface area (TPSA) is 70.7 Å². The summed E-state index contributed by atoms with van der Waals surface area (Å²) < 4.78 is 5.14. The van der Waals surface area contributed by atoms with E-state index in [2.05, 4.69) is 17.6 Å². The van der Waals surface area contributed by atoms with Gasteiger partial charge in [0.15, 0.2) is 0 Å². The fourth-order valence-corrected chi connectivity index (χ4v) is 3.38. The van der Waals surface area contributed by atoms with Gasteiger partial charge in [-0.15, -0.1) is 0 Å². The first-order chi connectivity index (χ1) is 11.6. The molecule has 24 heavy (non-hydrogen) atoms. The summed E-state index contributed by atoms with van der Waals surface area (Å²) in [7, 11) is 1.61. The van der Waals surface area contributed by atoms with Crippen molar-refractivity contribution in [3.63, 3.8) is 0 Å². The highest BCUT2D eigenvalue weighted by Crippen LogP contribution is 2.27. The number of anilines is 1. The molecule has 6 nitrogen and oxygen atoms in total. The third kappa shape index (κ3) is 3.53. The van der Waals surface area contributed by atoms with Crippen LogP contribution >= 0.6 is 0 Å². The molecule has 3 unspecified atom stereocenters. The maximum atomic E-state index is 12.5. The molecule has 2 aliphatic heterocycles. The average Bonchev–Trinajstić information content (AvgIpc) is 2.99. The van der Waals surface area contributed by atoms with Crippen LogP contribution in [0.15, 0.2) is 24.3 Å². The van der Waals surface area contributed by atoms with Gasteiger partial charge in [0.2, 0.25) is 11.8 Å². The normalized spacial score (nSPS) is 27.2. The van der Waals surface area contributed by atoms with E-state index in [1.807, 2.05) is 24.3 Å². The van der Waals surface area contributed by atoms with Crippen LogP contribution < -0.4 is 20.3 Å². The lowest BCUT2D eigenvalue weighted by atomic mass is 9.94. The summed E-state index contributed by atoms with van der Waals surface area (Å²) in [5, 5.41) is 6.43. The summed E-state index contributed by atoms with van der Waals surface area (Å²) in [5.74, 6) is 0.909. The first kappa shape index (κ1) is 16.8. The maximum Gasteiger partial charge on any atom is 0.227 e. The Balaban J connectivity index is 1.62. The van der Waals surface area contributed by atoms with Crippen molar-refractivity contribution in [1.82, 2.24) is 10.6 Å². The van der Waals surface area contributed by atoms with Gasteiger partial charge in [0.05, 0.1) is 13.0 Å². The first-order valence-corrected chi connectivity index (χ1v) is 8.54. The van der Waals surface area contributed by atoms with Crippen molar-refractivity contribution in [3.8, 4) is 5.75 Å². The molecule has 3 atom stereocenters. The van der Waals surface area contributed by atoms with Gasteiger partial charge in [-0.05, 0) is 43.1 Å². The van der Waals surface area contributed by atoms with Gasteiger partial charge in [-0.2, -0.15) is 0 Å². The summed E-state index contributed by atoms with van der Waals surface area (Å²) in [6, 6.07) is 7.50. The zero-order valence-electron chi connectivity index (χ0n) is 14.2. The fourth-order valence-electron chi connectivity index (χ4n) is 3.38. The molecule has 0 spiro atoms. The van der Waals surface area contributed by atoms with Gasteiger partial charge in [-0.25, -0.2) is 0 Å². The lowest BCUT2D eigenvalue weighted by molar-refractivity contribution is -0.127. The Bertz CT molecular complexity index is 602. The summed E-state index contributed by atoms with van der Waals surface area (Å²) in [6.07, 6.45) is 1.33. The van der Waals surface area contributed by atoms with Crippen molar-refractivity contribution >= 4 is 17.5 Å². The Hall–Kier alpha value is -2.08. The number of hydrogen-bond acceptors (Lipinski definition) is 4. The molecule has 1 aromatic carbocycles. The molecule has 0 bridgehead atoms. The van der Waals surface area contributed by atoms with Crippen molar-refractivity contribution < 1.29 is 14.3 Å². The summed E-state index contributed by atoms with van der Waals surface area (Å²) >= 11 is 0. The van der Waals surface area contributed by atoms with Crippen LogP contribution in [0.25, 0.3) is 0 Å². The molecular weight excluding hydrogens is 306 g/mol. The number of rotatable bonds is 4. The second-order valence-corrected chi connectivity index (χ2v) is 6.69. The molecule has 0 saturated carbocycles. The Labute approximate surface area is 142 Å². The predicted molar refractivity (Wildman–Crippen MR) is 92.0 cm³/mol. The van der Waals surface area contributed by atoms with E-state index in [9.17, 15) is 9.59 Å². The zero-order chi connectivity index (χ0) is 17.1. The quantitative estimate of drug-likeness (QED) is 0.869. The molecule has 2 amide bonds. The standard InChI is InChI=1S/C18H25N3O3/c1-12-7-8-19-10-16(12)20-18(23)13-9-17(22)21(11-13)14-3-5-15(24-2)6-4-14/h3-6,12-13,16,19H,7-11H2,1-2H3,(H,20,23). The summed E-state index contributed by atoms with van der Waals surface area (Å²) in [4.78, 5) is 26.5. The number of benzene rings is 1. The number of amides is 2. The fraction of sp³-hybridized carbons (Fsp3) is 0.556. The smallest absolute Gasteiger partial charge is 0.227 e. The van der Waals surface area contributed by atoms with E-state index in [4.69, 9.17) is 4.74 Å². The van der Waals surface area contributed by atoms with Crippen LogP contribution in [0.4, 0.5) is 5.69 Å². The lowest BCUT2D eigenvalue weighted by Crippen LogP contribution is -2.51. The number of ether oxygens (including phenoxy) is 1. The van der Waals surface area contributed by atoms with E-state index in [0.717, 1.165) is 30.9 Å². The molecular formula is C18H25N3O3. The number of carbonyl (C=O) groups excluding carboxylic acids is 2. The molecule has 2 saturated heterocycles. The van der Waals surface area contributed by atoms with Crippen LogP contribution in [0.5, 0.6) is 5.75 Å². The van der Waals surface area contributed by atoms with Crippen LogP contribution in [0.1, 0.15) is 19.8 Å². The Morgan fingerprint density at radius 1 is 1.33 bits per heavy atom. The van der Waals surface area contributed by atoms with Crippen LogP contribution in [-0.2, 0) is 9.59 Å². The monoisotopic (exact) mass is 331 g/mol. The minimum Gasteiger partial charge on any atom is -0.497 e. The molecule has 2 aliphatic rings. The highest BCUT2D eigenvalue weighted by Gasteiger charge is 2.36. The van der Waals surface area contributed by atoms with Gasteiger partial charge in [0.25, 0.3) is 0 Å². The number of hydrogen-bond donors (Lipinski definition) is 2. The van der Waals surface area contributed by atoms with Crippen LogP contribution in [0, 0.1) is 11.8 Å². The van der Waals surface area contributed by atoms with Crippen molar-refractivity contribution in [1.29, 1.82) is 0 Å². The van der Waals surface area contributed by atoms with E-state index in [0.29, 0.717) is 12.5 Å². The molecule has 0 aromatic heterocycles. The Morgan fingerprint density at radius 2 is 2.08 bits per heavy atom. The molecule has 2 heterocycles. The maximum absolute atomic E-state index is 12.5. The van der Waals surface area contributed by atoms with Gasteiger partial charge in [0, 0.05) is 31.2 Å². The first-order valence-electron chi connectivity index (χ1n) is 8.54. The van der Waals surface area contributed by atoms with Gasteiger partial charge < -0.3 is 20.3 Å². The van der Waals surface area contributed by atoms with Crippen molar-refractivity contribution in [2.45, 2.75) is 25.8 Å². The van der Waals surface area contributed by atoms with Crippen LogP contribution in [-0.4, -0.2) is 44.6 Å². The highest BCUT2D eigenvalue weighted by atomic mass is 16.5. The van der Waals surface area contributed by atoms with E-state index in [1.165, 1.54) is 0 Å². The molecule has 0 aliphatic carbocycles. The molecule has 0 radical (unpaired) electrons. The Morgan fingerprint density at radius 3 is 2.75 bits per heavy atom. The number of piperidine rings is 1. The number of nitrogens with one attached hydrogen (secondary N) is 2. The van der Waals surface area contributed by atoms with Crippen molar-refractivity contribution in [2.24, 2.45) is 11.8 Å². The van der Waals surface area contributed by atoms with Gasteiger partial charge in [-0.3, -0.25) is 9.59 Å². The van der Waals surface area contributed by atoms with Gasteiger partial charge in [-0.1, -0.05) is 6.92 Å². The zero-order valence-corrected chi connectivity index (χ0v) is 14.2. The predicted octanol–water partition coefficient (Wildman–Crippen LogP) is 1.16. The molecule has 3 rings (SSSR count).